The van der Waals surface area contributed by atoms with Gasteiger partial charge in [-0.2, -0.15) is 0 Å². The van der Waals surface area contributed by atoms with Gasteiger partial charge in [0.05, 0.1) is 0 Å². The maximum absolute atomic E-state index is 12.0. The van der Waals surface area contributed by atoms with Gasteiger partial charge in [-0.15, -0.1) is 0 Å². The van der Waals surface area contributed by atoms with Gasteiger partial charge in [0, 0.05) is 19.2 Å². The van der Waals surface area contributed by atoms with E-state index < -0.39 is 0 Å². The van der Waals surface area contributed by atoms with Crippen LogP contribution in [-0.2, 0) is 16.1 Å². The molecule has 0 fully saturated rings. The standard InChI is InChI=1S/C14H21NO2/c1-14(2,3)15(13(16)11-17-4)10-12-8-6-5-7-9-12/h5-9H,10-11H2,1-4H3. The summed E-state index contributed by atoms with van der Waals surface area (Å²) in [6, 6.07) is 9.99. The molecule has 1 aromatic carbocycles. The van der Waals surface area contributed by atoms with Crippen LogP contribution in [0.3, 0.4) is 0 Å². The highest BCUT2D eigenvalue weighted by Crippen LogP contribution is 2.17. The van der Waals surface area contributed by atoms with Gasteiger partial charge in [0.15, 0.2) is 0 Å². The van der Waals surface area contributed by atoms with Crippen LogP contribution in [0, 0.1) is 0 Å². The molecule has 17 heavy (non-hydrogen) atoms. The Morgan fingerprint density at radius 2 is 1.82 bits per heavy atom. The van der Waals surface area contributed by atoms with E-state index >= 15 is 0 Å². The van der Waals surface area contributed by atoms with Crippen molar-refractivity contribution >= 4 is 5.91 Å². The molecule has 3 heteroatoms. The molecule has 0 unspecified atom stereocenters. The third kappa shape index (κ3) is 4.19. The van der Waals surface area contributed by atoms with Gasteiger partial charge in [-0.25, -0.2) is 0 Å². The van der Waals surface area contributed by atoms with E-state index in [0.29, 0.717) is 6.54 Å². The number of ether oxygens (including phenoxy) is 1. The van der Waals surface area contributed by atoms with Gasteiger partial charge in [-0.05, 0) is 26.3 Å². The number of benzene rings is 1. The normalized spacial score (nSPS) is 11.3. The van der Waals surface area contributed by atoms with Gasteiger partial charge in [-0.1, -0.05) is 30.3 Å². The number of methoxy groups -OCH3 is 1. The molecule has 3 nitrogen and oxygen atoms in total. The Hall–Kier alpha value is -1.35. The molecule has 1 rings (SSSR count). The van der Waals surface area contributed by atoms with Gasteiger partial charge >= 0.3 is 0 Å². The fraction of sp³-hybridized carbons (Fsp3) is 0.500. The first kappa shape index (κ1) is 13.7. The van der Waals surface area contributed by atoms with Crippen LogP contribution in [0.25, 0.3) is 0 Å². The van der Waals surface area contributed by atoms with Gasteiger partial charge in [-0.3, -0.25) is 4.79 Å². The minimum atomic E-state index is -0.203. The van der Waals surface area contributed by atoms with E-state index in [1.807, 2.05) is 56.0 Å². The van der Waals surface area contributed by atoms with Gasteiger partial charge in [0.2, 0.25) is 5.91 Å². The second-order valence-corrected chi connectivity index (χ2v) is 5.07. The maximum atomic E-state index is 12.0. The number of hydrogen-bond acceptors (Lipinski definition) is 2. The molecule has 0 heterocycles. The zero-order valence-electron chi connectivity index (χ0n) is 11.1. The summed E-state index contributed by atoms with van der Waals surface area (Å²) < 4.78 is 4.93. The van der Waals surface area contributed by atoms with Crippen molar-refractivity contribution < 1.29 is 9.53 Å². The SMILES string of the molecule is COCC(=O)N(Cc1ccccc1)C(C)(C)C. The fourth-order valence-electron chi connectivity index (χ4n) is 1.67. The molecule has 0 bridgehead atoms. The van der Waals surface area contributed by atoms with Crippen LogP contribution < -0.4 is 0 Å². The predicted molar refractivity (Wildman–Crippen MR) is 68.6 cm³/mol. The minimum absolute atomic E-state index is 0.0175. The zero-order valence-corrected chi connectivity index (χ0v) is 11.1. The quantitative estimate of drug-likeness (QED) is 0.802. The maximum Gasteiger partial charge on any atom is 0.249 e. The second kappa shape index (κ2) is 5.82. The molecule has 0 aliphatic rings. The third-order valence-corrected chi connectivity index (χ3v) is 2.56. The molecule has 0 N–H and O–H groups in total. The monoisotopic (exact) mass is 235 g/mol. The molecule has 0 aromatic heterocycles. The Labute approximate surface area is 103 Å². The number of carbonyl (C=O) groups excluding carboxylic acids is 1. The van der Waals surface area contributed by atoms with Crippen molar-refractivity contribution in [2.45, 2.75) is 32.9 Å². The van der Waals surface area contributed by atoms with E-state index in [4.69, 9.17) is 4.74 Å². The Morgan fingerprint density at radius 1 is 1.24 bits per heavy atom. The van der Waals surface area contributed by atoms with Crippen molar-refractivity contribution in [3.05, 3.63) is 35.9 Å². The molecule has 0 saturated carbocycles. The van der Waals surface area contributed by atoms with Crippen LogP contribution >= 0.6 is 0 Å². The predicted octanol–water partition coefficient (Wildman–Crippen LogP) is 2.46. The lowest BCUT2D eigenvalue weighted by Gasteiger charge is -2.35. The van der Waals surface area contributed by atoms with Crippen LogP contribution in [0.15, 0.2) is 30.3 Å². The van der Waals surface area contributed by atoms with Crippen molar-refractivity contribution in [3.8, 4) is 0 Å². The molecule has 1 amide bonds. The average molecular weight is 235 g/mol. The molecule has 0 aliphatic heterocycles. The first-order valence-corrected chi connectivity index (χ1v) is 5.78. The van der Waals surface area contributed by atoms with Crippen molar-refractivity contribution in [3.63, 3.8) is 0 Å². The Bertz CT molecular complexity index is 354. The van der Waals surface area contributed by atoms with E-state index in [0.717, 1.165) is 5.56 Å². The van der Waals surface area contributed by atoms with E-state index in [2.05, 4.69) is 0 Å². The molecule has 94 valence electrons. The molecule has 0 radical (unpaired) electrons. The summed E-state index contributed by atoms with van der Waals surface area (Å²) >= 11 is 0. The first-order chi connectivity index (χ1) is 7.95. The first-order valence-electron chi connectivity index (χ1n) is 5.78. The largest absolute Gasteiger partial charge is 0.375 e. The highest BCUT2D eigenvalue weighted by molar-refractivity contribution is 5.78. The third-order valence-electron chi connectivity index (χ3n) is 2.56. The summed E-state index contributed by atoms with van der Waals surface area (Å²) in [5.41, 5.74) is 0.928. The number of hydrogen-bond donors (Lipinski definition) is 0. The Balaban J connectivity index is 2.82. The van der Waals surface area contributed by atoms with Gasteiger partial charge in [0.25, 0.3) is 0 Å². The summed E-state index contributed by atoms with van der Waals surface area (Å²) in [5.74, 6) is 0.0175. The summed E-state index contributed by atoms with van der Waals surface area (Å²) in [7, 11) is 1.54. The Kier molecular flexibility index (Phi) is 4.70. The lowest BCUT2D eigenvalue weighted by Crippen LogP contribution is -2.46. The molecular weight excluding hydrogens is 214 g/mol. The molecule has 0 aliphatic carbocycles. The topological polar surface area (TPSA) is 29.5 Å². The molecule has 0 spiro atoms. The van der Waals surface area contributed by atoms with E-state index in [-0.39, 0.29) is 18.1 Å². The summed E-state index contributed by atoms with van der Waals surface area (Å²) in [5, 5.41) is 0. The van der Waals surface area contributed by atoms with Crippen LogP contribution in [-0.4, -0.2) is 30.1 Å². The number of rotatable bonds is 4. The lowest BCUT2D eigenvalue weighted by atomic mass is 10.0. The minimum Gasteiger partial charge on any atom is -0.375 e. The van der Waals surface area contributed by atoms with Crippen molar-refractivity contribution in [1.82, 2.24) is 4.90 Å². The van der Waals surface area contributed by atoms with E-state index in [1.54, 1.807) is 7.11 Å². The van der Waals surface area contributed by atoms with Gasteiger partial charge < -0.3 is 9.64 Å². The smallest absolute Gasteiger partial charge is 0.249 e. The molecule has 0 atom stereocenters. The number of amides is 1. The van der Waals surface area contributed by atoms with Crippen LogP contribution in [0.2, 0.25) is 0 Å². The zero-order chi connectivity index (χ0) is 12.9. The highest BCUT2D eigenvalue weighted by Gasteiger charge is 2.26. The van der Waals surface area contributed by atoms with Crippen molar-refractivity contribution in [2.24, 2.45) is 0 Å². The van der Waals surface area contributed by atoms with Crippen LogP contribution in [0.5, 0.6) is 0 Å². The van der Waals surface area contributed by atoms with E-state index in [9.17, 15) is 4.79 Å². The highest BCUT2D eigenvalue weighted by atomic mass is 16.5. The number of nitrogens with zero attached hydrogens (tertiary/aromatic N) is 1. The Morgan fingerprint density at radius 3 is 2.29 bits per heavy atom. The fourth-order valence-corrected chi connectivity index (χ4v) is 1.67. The van der Waals surface area contributed by atoms with E-state index in [1.165, 1.54) is 0 Å². The lowest BCUT2D eigenvalue weighted by molar-refractivity contribution is -0.140. The van der Waals surface area contributed by atoms with Crippen molar-refractivity contribution in [1.29, 1.82) is 0 Å². The summed E-state index contributed by atoms with van der Waals surface area (Å²) in [4.78, 5) is 13.8. The second-order valence-electron chi connectivity index (χ2n) is 5.07. The van der Waals surface area contributed by atoms with Gasteiger partial charge in [0.1, 0.15) is 6.61 Å². The summed E-state index contributed by atoms with van der Waals surface area (Å²) in [6.07, 6.45) is 0. The van der Waals surface area contributed by atoms with Crippen molar-refractivity contribution in [2.75, 3.05) is 13.7 Å². The molecular formula is C14H21NO2. The molecule has 1 aromatic rings. The van der Waals surface area contributed by atoms with Crippen LogP contribution in [0.4, 0.5) is 0 Å². The molecule has 0 saturated heterocycles. The average Bonchev–Trinajstić information content (AvgIpc) is 2.26. The number of carbonyl (C=O) groups is 1. The van der Waals surface area contributed by atoms with Crippen LogP contribution in [0.1, 0.15) is 26.3 Å². The summed E-state index contributed by atoms with van der Waals surface area (Å²) in [6.45, 7) is 6.84.